The van der Waals surface area contributed by atoms with Gasteiger partial charge in [-0.1, -0.05) is 33.1 Å². The minimum absolute atomic E-state index is 0.870. The minimum atomic E-state index is 0.870. The maximum Gasteiger partial charge on any atom is 0.0589 e. The summed E-state index contributed by atoms with van der Waals surface area (Å²) in [5, 5.41) is 0. The van der Waals surface area contributed by atoms with Crippen molar-refractivity contribution in [2.45, 2.75) is 39.5 Å². The van der Waals surface area contributed by atoms with Crippen molar-refractivity contribution in [3.63, 3.8) is 0 Å². The van der Waals surface area contributed by atoms with Gasteiger partial charge < -0.3 is 9.64 Å². The molecule has 0 radical (unpaired) electrons. The first kappa shape index (κ1) is 15.9. The van der Waals surface area contributed by atoms with E-state index in [1.165, 1.54) is 58.4 Å². The number of methoxy groups -OCH3 is 1. The molecular weight excluding hydrogens is 224 g/mol. The fourth-order valence-corrected chi connectivity index (χ4v) is 2.52. The lowest BCUT2D eigenvalue weighted by Gasteiger charge is -2.34. The number of ether oxygens (including phenoxy) is 1. The fraction of sp³-hybridized carbons (Fsp3) is 1.00. The Balaban J connectivity index is 1.95. The zero-order valence-electron chi connectivity index (χ0n) is 12.7. The van der Waals surface area contributed by atoms with Gasteiger partial charge in [0, 0.05) is 39.8 Å². The molecule has 0 saturated carbocycles. The molecule has 0 atom stereocenters. The van der Waals surface area contributed by atoms with E-state index in [4.69, 9.17) is 4.74 Å². The van der Waals surface area contributed by atoms with Crippen LogP contribution < -0.4 is 0 Å². The molecule has 1 heterocycles. The number of rotatable bonds is 9. The fourth-order valence-electron chi connectivity index (χ4n) is 2.52. The Hall–Kier alpha value is -0.120. The number of hydrogen-bond acceptors (Lipinski definition) is 3. The predicted molar refractivity (Wildman–Crippen MR) is 78.1 cm³/mol. The van der Waals surface area contributed by atoms with Crippen LogP contribution in [0.2, 0.25) is 0 Å². The lowest BCUT2D eigenvalue weighted by Crippen LogP contribution is -2.47. The summed E-state index contributed by atoms with van der Waals surface area (Å²) in [5.41, 5.74) is 0. The molecule has 0 aromatic carbocycles. The highest BCUT2D eigenvalue weighted by Gasteiger charge is 2.15. The third-order valence-electron chi connectivity index (χ3n) is 3.83. The molecule has 1 fully saturated rings. The average Bonchev–Trinajstić information content (AvgIpc) is 2.37. The summed E-state index contributed by atoms with van der Waals surface area (Å²) in [6.45, 7) is 12.8. The van der Waals surface area contributed by atoms with Crippen LogP contribution in [-0.4, -0.2) is 62.8 Å². The Morgan fingerprint density at radius 1 is 0.889 bits per heavy atom. The Morgan fingerprint density at radius 2 is 1.50 bits per heavy atom. The van der Waals surface area contributed by atoms with Gasteiger partial charge in [-0.3, -0.25) is 4.90 Å². The second kappa shape index (κ2) is 9.76. The second-order valence-electron chi connectivity index (χ2n) is 5.92. The highest BCUT2D eigenvalue weighted by atomic mass is 16.5. The predicted octanol–water partition coefficient (Wildman–Crippen LogP) is 2.47. The molecule has 1 aliphatic rings. The van der Waals surface area contributed by atoms with E-state index in [2.05, 4.69) is 23.6 Å². The van der Waals surface area contributed by atoms with Gasteiger partial charge in [0.25, 0.3) is 0 Å². The molecule has 0 spiro atoms. The van der Waals surface area contributed by atoms with Gasteiger partial charge >= 0.3 is 0 Å². The van der Waals surface area contributed by atoms with Crippen LogP contribution >= 0.6 is 0 Å². The van der Waals surface area contributed by atoms with Crippen LogP contribution in [-0.2, 0) is 4.74 Å². The van der Waals surface area contributed by atoms with Gasteiger partial charge in [-0.2, -0.15) is 0 Å². The van der Waals surface area contributed by atoms with Gasteiger partial charge in [-0.05, 0) is 18.9 Å². The number of piperazine rings is 1. The third-order valence-corrected chi connectivity index (χ3v) is 3.83. The summed E-state index contributed by atoms with van der Waals surface area (Å²) in [5.74, 6) is 0.870. The molecule has 18 heavy (non-hydrogen) atoms. The smallest absolute Gasteiger partial charge is 0.0589 e. The van der Waals surface area contributed by atoms with Gasteiger partial charge in [0.05, 0.1) is 6.61 Å². The normalized spacial score (nSPS) is 18.7. The third kappa shape index (κ3) is 7.34. The van der Waals surface area contributed by atoms with Crippen LogP contribution in [0.1, 0.15) is 39.5 Å². The van der Waals surface area contributed by atoms with Crippen LogP contribution in [0, 0.1) is 5.92 Å². The molecule has 0 unspecified atom stereocenters. The quantitative estimate of drug-likeness (QED) is 0.589. The maximum absolute atomic E-state index is 5.13. The standard InChI is InChI=1S/C15H32N2O/c1-15(2)7-5-4-6-8-16-9-11-17(12-10-16)13-14-18-3/h15H,4-14H2,1-3H3. The number of hydrogen-bond donors (Lipinski definition) is 0. The van der Waals surface area contributed by atoms with Crippen molar-refractivity contribution in [3.8, 4) is 0 Å². The summed E-state index contributed by atoms with van der Waals surface area (Å²) in [6.07, 6.45) is 5.59. The van der Waals surface area contributed by atoms with Gasteiger partial charge in [0.2, 0.25) is 0 Å². The van der Waals surface area contributed by atoms with Crippen molar-refractivity contribution in [2.24, 2.45) is 5.92 Å². The molecule has 0 N–H and O–H groups in total. The van der Waals surface area contributed by atoms with Crippen molar-refractivity contribution in [1.29, 1.82) is 0 Å². The van der Waals surface area contributed by atoms with Crippen LogP contribution in [0.15, 0.2) is 0 Å². The molecule has 1 saturated heterocycles. The van der Waals surface area contributed by atoms with E-state index >= 15 is 0 Å². The van der Waals surface area contributed by atoms with Crippen LogP contribution in [0.3, 0.4) is 0 Å². The number of unbranched alkanes of at least 4 members (excludes halogenated alkanes) is 2. The zero-order chi connectivity index (χ0) is 13.2. The lowest BCUT2D eigenvalue weighted by molar-refractivity contribution is 0.0961. The molecule has 0 aliphatic carbocycles. The van der Waals surface area contributed by atoms with Gasteiger partial charge in [0.15, 0.2) is 0 Å². The first-order valence-electron chi connectivity index (χ1n) is 7.66. The summed E-state index contributed by atoms with van der Waals surface area (Å²) in [7, 11) is 1.79. The zero-order valence-corrected chi connectivity index (χ0v) is 12.7. The molecule has 1 aliphatic heterocycles. The van der Waals surface area contributed by atoms with E-state index in [9.17, 15) is 0 Å². The molecule has 3 heteroatoms. The van der Waals surface area contributed by atoms with Gasteiger partial charge in [-0.15, -0.1) is 0 Å². The first-order valence-corrected chi connectivity index (χ1v) is 7.66. The van der Waals surface area contributed by atoms with Crippen LogP contribution in [0.25, 0.3) is 0 Å². The van der Waals surface area contributed by atoms with E-state index in [0.717, 1.165) is 19.1 Å². The van der Waals surface area contributed by atoms with Crippen molar-refractivity contribution < 1.29 is 4.74 Å². The van der Waals surface area contributed by atoms with Crippen molar-refractivity contribution in [1.82, 2.24) is 9.80 Å². The molecular formula is C15H32N2O. The SMILES string of the molecule is COCCN1CCN(CCCCCC(C)C)CC1. The highest BCUT2D eigenvalue weighted by Crippen LogP contribution is 2.09. The topological polar surface area (TPSA) is 15.7 Å². The molecule has 108 valence electrons. The van der Waals surface area contributed by atoms with E-state index in [-0.39, 0.29) is 0 Å². The molecule has 0 amide bonds. The van der Waals surface area contributed by atoms with E-state index < -0.39 is 0 Å². The Labute approximate surface area is 113 Å². The summed E-state index contributed by atoms with van der Waals surface area (Å²) in [4.78, 5) is 5.14. The van der Waals surface area contributed by atoms with E-state index in [1.807, 2.05) is 0 Å². The Morgan fingerprint density at radius 3 is 2.06 bits per heavy atom. The molecule has 0 aromatic heterocycles. The maximum atomic E-state index is 5.13. The first-order chi connectivity index (χ1) is 8.72. The van der Waals surface area contributed by atoms with Gasteiger partial charge in [-0.25, -0.2) is 0 Å². The van der Waals surface area contributed by atoms with Crippen molar-refractivity contribution >= 4 is 0 Å². The number of nitrogens with zero attached hydrogens (tertiary/aromatic N) is 2. The van der Waals surface area contributed by atoms with Crippen LogP contribution in [0.4, 0.5) is 0 Å². The average molecular weight is 256 g/mol. The summed E-state index contributed by atoms with van der Waals surface area (Å²) < 4.78 is 5.13. The van der Waals surface area contributed by atoms with Crippen molar-refractivity contribution in [2.75, 3.05) is 53.0 Å². The summed E-state index contributed by atoms with van der Waals surface area (Å²) >= 11 is 0. The molecule has 0 bridgehead atoms. The molecule has 1 rings (SSSR count). The van der Waals surface area contributed by atoms with Gasteiger partial charge in [0.1, 0.15) is 0 Å². The highest BCUT2D eigenvalue weighted by molar-refractivity contribution is 4.71. The second-order valence-corrected chi connectivity index (χ2v) is 5.92. The Bertz CT molecular complexity index is 189. The summed E-state index contributed by atoms with van der Waals surface area (Å²) in [6, 6.07) is 0. The van der Waals surface area contributed by atoms with Crippen molar-refractivity contribution in [3.05, 3.63) is 0 Å². The molecule has 0 aromatic rings. The molecule has 3 nitrogen and oxygen atoms in total. The minimum Gasteiger partial charge on any atom is -0.383 e. The Kier molecular flexibility index (Phi) is 8.64. The monoisotopic (exact) mass is 256 g/mol. The van der Waals surface area contributed by atoms with Crippen LogP contribution in [0.5, 0.6) is 0 Å². The van der Waals surface area contributed by atoms with E-state index in [1.54, 1.807) is 7.11 Å². The lowest BCUT2D eigenvalue weighted by atomic mass is 10.1. The largest absolute Gasteiger partial charge is 0.383 e. The van der Waals surface area contributed by atoms with E-state index in [0.29, 0.717) is 0 Å².